The van der Waals surface area contributed by atoms with Crippen LogP contribution < -0.4 is 0 Å². The molecule has 0 saturated heterocycles. The zero-order valence-electron chi connectivity index (χ0n) is 6.45. The van der Waals surface area contributed by atoms with Gasteiger partial charge in [0.05, 0.1) is 12.2 Å². The van der Waals surface area contributed by atoms with Gasteiger partial charge in [0.2, 0.25) is 0 Å². The fraction of sp³-hybridized carbons (Fsp3) is 0.750. The average molecular weight is 144 g/mol. The predicted octanol–water partition coefficient (Wildman–Crippen LogP) is 1.08. The second kappa shape index (κ2) is 5.45. The number of hydrogen-bond acceptors (Lipinski definition) is 2. The zero-order valence-corrected chi connectivity index (χ0v) is 6.45. The van der Waals surface area contributed by atoms with Crippen molar-refractivity contribution in [2.45, 2.75) is 38.4 Å². The van der Waals surface area contributed by atoms with Gasteiger partial charge in [-0.3, -0.25) is 0 Å². The summed E-state index contributed by atoms with van der Waals surface area (Å²) in [5.74, 6) is 0. The second-order valence-electron chi connectivity index (χ2n) is 2.44. The lowest BCUT2D eigenvalue weighted by atomic mass is 10.1. The molecule has 0 bridgehead atoms. The fourth-order valence-corrected chi connectivity index (χ4v) is 0.685. The Morgan fingerprint density at radius 1 is 1.40 bits per heavy atom. The molecule has 0 aliphatic heterocycles. The van der Waals surface area contributed by atoms with E-state index in [4.69, 9.17) is 10.2 Å². The molecule has 10 heavy (non-hydrogen) atoms. The highest BCUT2D eigenvalue weighted by atomic mass is 16.3. The van der Waals surface area contributed by atoms with Crippen LogP contribution in [0.1, 0.15) is 26.2 Å². The molecule has 2 atom stereocenters. The van der Waals surface area contributed by atoms with Crippen molar-refractivity contribution >= 4 is 0 Å². The number of aliphatic hydroxyl groups is 2. The smallest absolute Gasteiger partial charge is 0.0719 e. The maximum absolute atomic E-state index is 9.06. The lowest BCUT2D eigenvalue weighted by Crippen LogP contribution is -2.09. The molecule has 0 amide bonds. The molecule has 0 aromatic carbocycles. The van der Waals surface area contributed by atoms with Crippen LogP contribution >= 0.6 is 0 Å². The standard InChI is InChI=1S/C8H16O2/c1-3-7(9)5-6-8(10)4-2/h3,7-10H,1,4-6H2,2H3. The Kier molecular flexibility index (Phi) is 5.26. The van der Waals surface area contributed by atoms with E-state index in [2.05, 4.69) is 6.58 Å². The summed E-state index contributed by atoms with van der Waals surface area (Å²) in [5.41, 5.74) is 0. The summed E-state index contributed by atoms with van der Waals surface area (Å²) in [5, 5.41) is 18.0. The molecule has 0 radical (unpaired) electrons. The molecule has 2 nitrogen and oxygen atoms in total. The lowest BCUT2D eigenvalue weighted by Gasteiger charge is -2.08. The molecule has 0 fully saturated rings. The van der Waals surface area contributed by atoms with E-state index < -0.39 is 6.10 Å². The van der Waals surface area contributed by atoms with Crippen LogP contribution in [0.4, 0.5) is 0 Å². The third-order valence-corrected chi connectivity index (χ3v) is 1.54. The molecule has 0 aromatic heterocycles. The molecule has 2 N–H and O–H groups in total. The van der Waals surface area contributed by atoms with Gasteiger partial charge < -0.3 is 10.2 Å². The van der Waals surface area contributed by atoms with Crippen LogP contribution in [-0.4, -0.2) is 22.4 Å². The molecule has 2 unspecified atom stereocenters. The van der Waals surface area contributed by atoms with E-state index in [1.54, 1.807) is 0 Å². The molecule has 0 spiro atoms. The largest absolute Gasteiger partial charge is 0.393 e. The first kappa shape index (κ1) is 9.66. The Morgan fingerprint density at radius 2 is 2.00 bits per heavy atom. The van der Waals surface area contributed by atoms with Crippen LogP contribution in [0.2, 0.25) is 0 Å². The van der Waals surface area contributed by atoms with E-state index >= 15 is 0 Å². The van der Waals surface area contributed by atoms with Crippen LogP contribution in [-0.2, 0) is 0 Å². The highest BCUT2D eigenvalue weighted by molar-refractivity contribution is 4.78. The van der Waals surface area contributed by atoms with Gasteiger partial charge in [0, 0.05) is 0 Å². The average Bonchev–Trinajstić information content (AvgIpc) is 1.99. The van der Waals surface area contributed by atoms with Gasteiger partial charge in [0.15, 0.2) is 0 Å². The molecule has 0 aromatic rings. The minimum atomic E-state index is -0.457. The van der Waals surface area contributed by atoms with E-state index in [9.17, 15) is 0 Å². The summed E-state index contributed by atoms with van der Waals surface area (Å²) in [6, 6.07) is 0. The summed E-state index contributed by atoms with van der Waals surface area (Å²) in [4.78, 5) is 0. The normalized spacial score (nSPS) is 16.3. The molecule has 0 heterocycles. The Labute approximate surface area is 62.2 Å². The van der Waals surface area contributed by atoms with E-state index in [1.165, 1.54) is 6.08 Å². The van der Waals surface area contributed by atoms with Gasteiger partial charge in [-0.05, 0) is 19.3 Å². The Hall–Kier alpha value is -0.340. The maximum Gasteiger partial charge on any atom is 0.0719 e. The third-order valence-electron chi connectivity index (χ3n) is 1.54. The first-order chi connectivity index (χ1) is 4.70. The first-order valence-corrected chi connectivity index (χ1v) is 3.69. The van der Waals surface area contributed by atoms with Gasteiger partial charge in [-0.25, -0.2) is 0 Å². The van der Waals surface area contributed by atoms with Crippen LogP contribution in [0.15, 0.2) is 12.7 Å². The van der Waals surface area contributed by atoms with Crippen LogP contribution in [0.25, 0.3) is 0 Å². The van der Waals surface area contributed by atoms with Crippen molar-refractivity contribution in [1.82, 2.24) is 0 Å². The summed E-state index contributed by atoms with van der Waals surface area (Å²) in [6.07, 6.45) is 2.78. The highest BCUT2D eigenvalue weighted by Crippen LogP contribution is 2.04. The van der Waals surface area contributed by atoms with Gasteiger partial charge in [0.1, 0.15) is 0 Å². The molecular weight excluding hydrogens is 128 g/mol. The Bertz CT molecular complexity index is 91.3. The van der Waals surface area contributed by atoms with Crippen molar-refractivity contribution in [3.63, 3.8) is 0 Å². The van der Waals surface area contributed by atoms with Gasteiger partial charge in [-0.2, -0.15) is 0 Å². The van der Waals surface area contributed by atoms with E-state index in [1.807, 2.05) is 6.92 Å². The third kappa shape index (κ3) is 4.53. The SMILES string of the molecule is C=CC(O)CCC(O)CC. The van der Waals surface area contributed by atoms with Crippen LogP contribution in [0.5, 0.6) is 0 Å². The van der Waals surface area contributed by atoms with Crippen LogP contribution in [0.3, 0.4) is 0 Å². The number of rotatable bonds is 5. The van der Waals surface area contributed by atoms with Gasteiger partial charge in [0.25, 0.3) is 0 Å². The molecule has 0 rings (SSSR count). The monoisotopic (exact) mass is 144 g/mol. The number of aliphatic hydroxyl groups excluding tert-OH is 2. The maximum atomic E-state index is 9.06. The summed E-state index contributed by atoms with van der Waals surface area (Å²) in [7, 11) is 0. The predicted molar refractivity (Wildman–Crippen MR) is 41.7 cm³/mol. The van der Waals surface area contributed by atoms with E-state index in [0.717, 1.165) is 6.42 Å². The molecular formula is C8H16O2. The highest BCUT2D eigenvalue weighted by Gasteiger charge is 2.03. The van der Waals surface area contributed by atoms with Crippen molar-refractivity contribution in [2.24, 2.45) is 0 Å². The Balaban J connectivity index is 3.25. The fourth-order valence-electron chi connectivity index (χ4n) is 0.685. The van der Waals surface area contributed by atoms with Crippen molar-refractivity contribution in [2.75, 3.05) is 0 Å². The Morgan fingerprint density at radius 3 is 2.40 bits per heavy atom. The minimum absolute atomic E-state index is 0.269. The van der Waals surface area contributed by atoms with E-state index in [0.29, 0.717) is 12.8 Å². The molecule has 0 aliphatic rings. The van der Waals surface area contributed by atoms with Gasteiger partial charge in [-0.1, -0.05) is 13.0 Å². The van der Waals surface area contributed by atoms with Crippen molar-refractivity contribution in [3.8, 4) is 0 Å². The summed E-state index contributed by atoms with van der Waals surface area (Å²) >= 11 is 0. The molecule has 0 saturated carbocycles. The van der Waals surface area contributed by atoms with Crippen molar-refractivity contribution < 1.29 is 10.2 Å². The van der Waals surface area contributed by atoms with Gasteiger partial charge >= 0.3 is 0 Å². The summed E-state index contributed by atoms with van der Waals surface area (Å²) in [6.45, 7) is 5.35. The van der Waals surface area contributed by atoms with Crippen molar-refractivity contribution in [1.29, 1.82) is 0 Å². The zero-order chi connectivity index (χ0) is 7.98. The topological polar surface area (TPSA) is 40.5 Å². The summed E-state index contributed by atoms with van der Waals surface area (Å²) < 4.78 is 0. The lowest BCUT2D eigenvalue weighted by molar-refractivity contribution is 0.130. The van der Waals surface area contributed by atoms with Crippen molar-refractivity contribution in [3.05, 3.63) is 12.7 Å². The molecule has 2 heteroatoms. The quantitative estimate of drug-likeness (QED) is 0.567. The number of hydrogen-bond donors (Lipinski definition) is 2. The first-order valence-electron chi connectivity index (χ1n) is 3.69. The molecule has 60 valence electrons. The minimum Gasteiger partial charge on any atom is -0.393 e. The molecule has 0 aliphatic carbocycles. The van der Waals surface area contributed by atoms with E-state index in [-0.39, 0.29) is 6.10 Å². The van der Waals surface area contributed by atoms with Crippen LogP contribution in [0, 0.1) is 0 Å². The van der Waals surface area contributed by atoms with Gasteiger partial charge in [-0.15, -0.1) is 6.58 Å². The second-order valence-corrected chi connectivity index (χ2v) is 2.44.